The molecule has 1 aliphatic rings. The third-order valence-corrected chi connectivity index (χ3v) is 3.57. The highest BCUT2D eigenvalue weighted by Gasteiger charge is 2.29. The normalized spacial score (nSPS) is 13.6. The van der Waals surface area contributed by atoms with Gasteiger partial charge in [0.15, 0.2) is 5.69 Å². The summed E-state index contributed by atoms with van der Waals surface area (Å²) in [6, 6.07) is 5.22. The van der Waals surface area contributed by atoms with E-state index in [1.165, 1.54) is 0 Å². The average Bonchev–Trinajstić information content (AvgIpc) is 2.98. The Balaban J connectivity index is 1.82. The van der Waals surface area contributed by atoms with Gasteiger partial charge in [0, 0.05) is 30.4 Å². The minimum Gasteiger partial charge on any atom is -0.461 e. The number of nitrogens with one attached hydrogen (secondary N) is 1. The van der Waals surface area contributed by atoms with Crippen LogP contribution in [0.5, 0.6) is 0 Å². The van der Waals surface area contributed by atoms with Gasteiger partial charge in [-0.25, -0.2) is 4.79 Å². The van der Waals surface area contributed by atoms with Crippen molar-refractivity contribution in [3.8, 4) is 0 Å². The smallest absolute Gasteiger partial charge is 0.359 e. The van der Waals surface area contributed by atoms with Gasteiger partial charge in [0.1, 0.15) is 5.69 Å². The minimum absolute atomic E-state index is 0.151. The molecule has 1 amide bonds. The lowest BCUT2D eigenvalue weighted by atomic mass is 10.0. The second-order valence-electron chi connectivity index (χ2n) is 4.94. The molecule has 2 aromatic rings. The number of fused-ring (bicyclic) bond motifs is 1. The highest BCUT2D eigenvalue weighted by molar-refractivity contribution is 5.93. The number of hydrogen-bond donors (Lipinski definition) is 1. The number of amides is 1. The number of nitrogens with zero attached hydrogens (tertiary/aromatic N) is 3. The molecule has 22 heavy (non-hydrogen) atoms. The number of ether oxygens (including phenoxy) is 1. The molecule has 114 valence electrons. The highest BCUT2D eigenvalue weighted by Crippen LogP contribution is 2.22. The zero-order valence-corrected chi connectivity index (χ0v) is 12.2. The molecule has 2 aromatic heterocycles. The highest BCUT2D eigenvalue weighted by atomic mass is 16.5. The molecule has 0 atom stereocenters. The lowest BCUT2D eigenvalue weighted by Gasteiger charge is -2.26. The topological polar surface area (TPSA) is 88.2 Å². The second kappa shape index (κ2) is 5.97. The molecule has 0 saturated carbocycles. The molecule has 1 N–H and O–H groups in total. The van der Waals surface area contributed by atoms with E-state index in [0.717, 1.165) is 11.3 Å². The molecule has 0 unspecified atom stereocenters. The van der Waals surface area contributed by atoms with E-state index in [0.29, 0.717) is 25.2 Å². The second-order valence-corrected chi connectivity index (χ2v) is 4.94. The van der Waals surface area contributed by atoms with Gasteiger partial charge in [-0.3, -0.25) is 14.9 Å². The van der Waals surface area contributed by atoms with Gasteiger partial charge >= 0.3 is 5.97 Å². The quantitative estimate of drug-likeness (QED) is 0.860. The van der Waals surface area contributed by atoms with Crippen molar-refractivity contribution >= 4 is 11.9 Å². The maximum atomic E-state index is 12.5. The Bertz CT molecular complexity index is 696. The Hall–Kier alpha value is -2.70. The number of carbonyl (C=O) groups excluding carboxylic acids is 2. The van der Waals surface area contributed by atoms with Crippen LogP contribution >= 0.6 is 0 Å². The summed E-state index contributed by atoms with van der Waals surface area (Å²) in [5.74, 6) is -0.616. The molecule has 1 aliphatic heterocycles. The number of carbonyl (C=O) groups is 2. The molecular weight excluding hydrogens is 284 g/mol. The van der Waals surface area contributed by atoms with Crippen molar-refractivity contribution in [3.05, 3.63) is 47.0 Å². The van der Waals surface area contributed by atoms with Crippen molar-refractivity contribution in [2.24, 2.45) is 0 Å². The molecule has 0 aromatic carbocycles. The van der Waals surface area contributed by atoms with Crippen molar-refractivity contribution in [2.75, 3.05) is 13.2 Å². The van der Waals surface area contributed by atoms with Crippen LogP contribution in [0.25, 0.3) is 0 Å². The van der Waals surface area contributed by atoms with Gasteiger partial charge in [-0.2, -0.15) is 5.10 Å². The summed E-state index contributed by atoms with van der Waals surface area (Å²) in [4.78, 5) is 30.1. The number of esters is 1. The number of H-pyrrole nitrogens is 1. The monoisotopic (exact) mass is 300 g/mol. The molecule has 7 nitrogen and oxygen atoms in total. The Morgan fingerprint density at radius 3 is 3.00 bits per heavy atom. The van der Waals surface area contributed by atoms with E-state index in [4.69, 9.17) is 4.74 Å². The van der Waals surface area contributed by atoms with Crippen LogP contribution in [0.4, 0.5) is 0 Å². The molecule has 0 bridgehead atoms. The van der Waals surface area contributed by atoms with Crippen molar-refractivity contribution in [1.82, 2.24) is 20.1 Å². The summed E-state index contributed by atoms with van der Waals surface area (Å²) < 4.78 is 5.00. The molecule has 0 saturated heterocycles. The predicted octanol–water partition coefficient (Wildman–Crippen LogP) is 1.18. The Morgan fingerprint density at radius 2 is 2.27 bits per heavy atom. The summed E-state index contributed by atoms with van der Waals surface area (Å²) in [6.07, 6.45) is 2.21. The fraction of sp³-hybridized carbons (Fsp3) is 0.333. The van der Waals surface area contributed by atoms with Gasteiger partial charge < -0.3 is 9.64 Å². The standard InChI is InChI=1S/C15H16N4O3/c1-2-22-15(21)13-10-9-19(8-6-11(10)17-18-13)14(20)12-5-3-4-7-16-12/h3-5,7H,2,6,8-9H2,1H3,(H,17,18). The molecule has 3 rings (SSSR count). The summed E-state index contributed by atoms with van der Waals surface area (Å²) in [5.41, 5.74) is 2.27. The first kappa shape index (κ1) is 14.2. The number of hydrogen-bond acceptors (Lipinski definition) is 5. The molecule has 0 aliphatic carbocycles. The van der Waals surface area contributed by atoms with E-state index < -0.39 is 5.97 Å². The number of pyridine rings is 1. The first-order valence-corrected chi connectivity index (χ1v) is 7.14. The van der Waals surface area contributed by atoms with Gasteiger partial charge in [-0.1, -0.05) is 6.07 Å². The van der Waals surface area contributed by atoms with Crippen molar-refractivity contribution < 1.29 is 14.3 Å². The molecule has 7 heteroatoms. The third-order valence-electron chi connectivity index (χ3n) is 3.57. The van der Waals surface area contributed by atoms with Gasteiger partial charge in [-0.15, -0.1) is 0 Å². The predicted molar refractivity (Wildman–Crippen MR) is 77.2 cm³/mol. The Kier molecular flexibility index (Phi) is 3.86. The molecule has 0 radical (unpaired) electrons. The zero-order chi connectivity index (χ0) is 15.5. The van der Waals surface area contributed by atoms with E-state index in [9.17, 15) is 9.59 Å². The van der Waals surface area contributed by atoms with Gasteiger partial charge in [0.05, 0.1) is 13.2 Å². The van der Waals surface area contributed by atoms with Crippen LogP contribution in [0.1, 0.15) is 39.2 Å². The molecule has 3 heterocycles. The largest absolute Gasteiger partial charge is 0.461 e. The summed E-state index contributed by atoms with van der Waals surface area (Å²) >= 11 is 0. The summed E-state index contributed by atoms with van der Waals surface area (Å²) in [7, 11) is 0. The van der Waals surface area contributed by atoms with Crippen molar-refractivity contribution in [2.45, 2.75) is 19.9 Å². The van der Waals surface area contributed by atoms with Gasteiger partial charge in [0.2, 0.25) is 0 Å². The first-order chi connectivity index (χ1) is 10.7. The number of rotatable bonds is 3. The molecular formula is C15H16N4O3. The van der Waals surface area contributed by atoms with Crippen LogP contribution in [0.3, 0.4) is 0 Å². The number of aromatic nitrogens is 3. The summed E-state index contributed by atoms with van der Waals surface area (Å²) in [5, 5.41) is 6.89. The third kappa shape index (κ3) is 2.57. The number of aromatic amines is 1. The van der Waals surface area contributed by atoms with Gasteiger partial charge in [-0.05, 0) is 19.1 Å². The van der Waals surface area contributed by atoms with Crippen molar-refractivity contribution in [1.29, 1.82) is 0 Å². The maximum absolute atomic E-state index is 12.5. The fourth-order valence-corrected chi connectivity index (χ4v) is 2.49. The molecule has 0 fully saturated rings. The van der Waals surface area contributed by atoms with E-state index in [-0.39, 0.29) is 18.2 Å². The maximum Gasteiger partial charge on any atom is 0.359 e. The SMILES string of the molecule is CCOC(=O)c1n[nH]c2c1CN(C(=O)c1ccccn1)CC2. The van der Waals surface area contributed by atoms with E-state index >= 15 is 0 Å². The average molecular weight is 300 g/mol. The van der Waals surface area contributed by atoms with Crippen LogP contribution in [-0.2, 0) is 17.7 Å². The molecule has 0 spiro atoms. The lowest BCUT2D eigenvalue weighted by Crippen LogP contribution is -2.36. The van der Waals surface area contributed by atoms with Crippen LogP contribution in [0, 0.1) is 0 Å². The first-order valence-electron chi connectivity index (χ1n) is 7.14. The van der Waals surface area contributed by atoms with Crippen LogP contribution in [0.2, 0.25) is 0 Å². The van der Waals surface area contributed by atoms with Crippen molar-refractivity contribution in [3.63, 3.8) is 0 Å². The Morgan fingerprint density at radius 1 is 1.41 bits per heavy atom. The summed E-state index contributed by atoms with van der Waals surface area (Å²) in [6.45, 7) is 2.92. The van der Waals surface area contributed by atoms with Crippen LogP contribution in [-0.4, -0.2) is 45.1 Å². The lowest BCUT2D eigenvalue weighted by molar-refractivity contribution is 0.0513. The Labute approximate surface area is 127 Å². The van der Waals surface area contributed by atoms with E-state index in [1.54, 1.807) is 36.2 Å². The van der Waals surface area contributed by atoms with Crippen LogP contribution in [0.15, 0.2) is 24.4 Å². The van der Waals surface area contributed by atoms with E-state index in [2.05, 4.69) is 15.2 Å². The fourth-order valence-electron chi connectivity index (χ4n) is 2.49. The van der Waals surface area contributed by atoms with Crippen LogP contribution < -0.4 is 0 Å². The minimum atomic E-state index is -0.466. The van der Waals surface area contributed by atoms with E-state index in [1.807, 2.05) is 0 Å². The zero-order valence-electron chi connectivity index (χ0n) is 12.2. The van der Waals surface area contributed by atoms with Gasteiger partial charge in [0.25, 0.3) is 5.91 Å².